The van der Waals surface area contributed by atoms with Crippen LogP contribution >= 0.6 is 0 Å². The molecule has 2 aromatic carbocycles. The quantitative estimate of drug-likeness (QED) is 0.0825. The molecule has 11 unspecified atom stereocenters. The van der Waals surface area contributed by atoms with E-state index in [-0.39, 0.29) is 54.1 Å². The number of aliphatic hydroxyl groups is 9. The number of benzene rings is 2. The molecule has 52 heavy (non-hydrogen) atoms. The fourth-order valence-corrected chi connectivity index (χ4v) is 5.72. The van der Waals surface area contributed by atoms with Crippen molar-refractivity contribution < 1.29 is 88.6 Å². The molecule has 9 N–H and O–H groups in total. The van der Waals surface area contributed by atoms with Gasteiger partial charge in [0.05, 0.1) is 54.9 Å². The molecule has 0 aromatic heterocycles. The molecular weight excluding hydrogens is 696 g/mol. The molecule has 2 aromatic rings. The lowest BCUT2D eigenvalue weighted by Crippen LogP contribution is -2.60. The van der Waals surface area contributed by atoms with Crippen LogP contribution in [0.4, 0.5) is 0 Å². The minimum atomic E-state index is -1.71. The third kappa shape index (κ3) is 9.34. The van der Waals surface area contributed by atoms with Crippen molar-refractivity contribution in [3.63, 3.8) is 0 Å². The van der Waals surface area contributed by atoms with Crippen LogP contribution in [0.15, 0.2) is 30.3 Å². The van der Waals surface area contributed by atoms with E-state index < -0.39 is 80.7 Å². The van der Waals surface area contributed by atoms with E-state index >= 15 is 0 Å². The van der Waals surface area contributed by atoms with Gasteiger partial charge in [-0.3, -0.25) is 0 Å². The number of methoxy groups -OCH3 is 4. The lowest BCUT2D eigenvalue weighted by Gasteiger charge is -2.40. The van der Waals surface area contributed by atoms with Crippen molar-refractivity contribution in [3.05, 3.63) is 41.5 Å². The first-order valence-corrected chi connectivity index (χ1v) is 16.3. The molecule has 2 saturated heterocycles. The second-order valence-electron chi connectivity index (χ2n) is 12.0. The number of hydrogen-bond acceptors (Lipinski definition) is 18. The number of hydrogen-bond donors (Lipinski definition) is 9. The van der Waals surface area contributed by atoms with E-state index in [1.807, 2.05) is 0 Å². The zero-order valence-corrected chi connectivity index (χ0v) is 29.0. The zero-order valence-electron chi connectivity index (χ0n) is 29.0. The predicted octanol–water partition coefficient (Wildman–Crippen LogP) is -2.29. The summed E-state index contributed by atoms with van der Waals surface area (Å²) in [4.78, 5) is 0. The van der Waals surface area contributed by atoms with E-state index in [9.17, 15) is 46.0 Å². The van der Waals surface area contributed by atoms with Gasteiger partial charge in [-0.25, -0.2) is 0 Å². The molecule has 2 fully saturated rings. The Kier molecular flexibility index (Phi) is 15.1. The van der Waals surface area contributed by atoms with Gasteiger partial charge in [0, 0.05) is 6.42 Å². The van der Waals surface area contributed by atoms with E-state index in [1.54, 1.807) is 30.3 Å². The van der Waals surface area contributed by atoms with Crippen molar-refractivity contribution >= 4 is 6.08 Å². The van der Waals surface area contributed by atoms with Gasteiger partial charge in [0.15, 0.2) is 29.3 Å². The maximum absolute atomic E-state index is 10.6. The summed E-state index contributed by atoms with van der Waals surface area (Å²) in [6.07, 6.45) is -13.1. The number of rotatable bonds is 17. The second kappa shape index (κ2) is 19.0. The van der Waals surface area contributed by atoms with Gasteiger partial charge < -0.3 is 88.6 Å². The molecule has 0 spiro atoms. The zero-order chi connectivity index (χ0) is 38.1. The Hall–Kier alpha value is -3.50. The fourth-order valence-electron chi connectivity index (χ4n) is 5.72. The second-order valence-corrected chi connectivity index (χ2v) is 12.0. The van der Waals surface area contributed by atoms with Crippen molar-refractivity contribution in [3.8, 4) is 34.5 Å². The summed E-state index contributed by atoms with van der Waals surface area (Å²) in [5.74, 6) is 0.824. The molecule has 4 rings (SSSR count). The summed E-state index contributed by atoms with van der Waals surface area (Å²) in [5, 5.41) is 90.6. The van der Waals surface area contributed by atoms with Gasteiger partial charge in [0.2, 0.25) is 17.8 Å². The maximum Gasteiger partial charge on any atom is 0.229 e. The van der Waals surface area contributed by atoms with Crippen LogP contribution in [-0.2, 0) is 20.6 Å². The number of aliphatic hydroxyl groups excluding tert-OH is 9. The van der Waals surface area contributed by atoms with E-state index in [0.717, 1.165) is 0 Å². The minimum absolute atomic E-state index is 0.0307. The Labute approximate surface area is 299 Å². The summed E-state index contributed by atoms with van der Waals surface area (Å²) in [6, 6.07) is 6.42. The average Bonchev–Trinajstić information content (AvgIpc) is 3.16. The summed E-state index contributed by atoms with van der Waals surface area (Å²) in [7, 11) is 5.53. The first-order valence-electron chi connectivity index (χ1n) is 16.3. The smallest absolute Gasteiger partial charge is 0.229 e. The predicted molar refractivity (Wildman–Crippen MR) is 177 cm³/mol. The summed E-state index contributed by atoms with van der Waals surface area (Å²) in [5.41, 5.74) is 1.14. The van der Waals surface area contributed by atoms with Gasteiger partial charge in [-0.05, 0) is 35.4 Å². The molecule has 0 aliphatic carbocycles. The Morgan fingerprint density at radius 3 is 1.60 bits per heavy atom. The molecule has 11 atom stereocenters. The van der Waals surface area contributed by atoms with Crippen LogP contribution in [0, 0.1) is 0 Å². The molecule has 0 amide bonds. The maximum atomic E-state index is 10.6. The van der Waals surface area contributed by atoms with Gasteiger partial charge in [-0.1, -0.05) is 12.2 Å². The molecule has 0 saturated carbocycles. The van der Waals surface area contributed by atoms with Crippen LogP contribution < -0.4 is 28.4 Å². The van der Waals surface area contributed by atoms with E-state index in [0.29, 0.717) is 11.1 Å². The molecule has 292 valence electrons. The summed E-state index contributed by atoms with van der Waals surface area (Å²) < 4.78 is 51.5. The number of ether oxygens (including phenoxy) is 9. The highest BCUT2D eigenvalue weighted by molar-refractivity contribution is 5.62. The molecule has 0 bridgehead atoms. The highest BCUT2D eigenvalue weighted by Gasteiger charge is 2.46. The van der Waals surface area contributed by atoms with Crippen molar-refractivity contribution in [2.75, 3.05) is 54.9 Å². The van der Waals surface area contributed by atoms with Crippen LogP contribution in [0.25, 0.3) is 6.08 Å². The van der Waals surface area contributed by atoms with Crippen LogP contribution in [0.2, 0.25) is 0 Å². The standard InChI is InChI=1S/C34H48O18/c1-44-19-9-16(6-5-7-35)10-20(45-2)31(19)49-18(15-48-33-29(42)27(40)25(38)23(13-36)50-33)8-17-11-21(46-3)32(22(12-17)47-4)52-34-30(43)28(41)26(39)24(14-37)51-34/h5-6,9-12,18,23-30,33-43H,7-8,13-15H2,1-4H3. The topological polar surface area (TPSA) is 265 Å². The Morgan fingerprint density at radius 2 is 1.12 bits per heavy atom. The highest BCUT2D eigenvalue weighted by atomic mass is 16.7. The van der Waals surface area contributed by atoms with Gasteiger partial charge in [0.1, 0.15) is 54.9 Å². The molecule has 2 heterocycles. The van der Waals surface area contributed by atoms with Crippen molar-refractivity contribution in [2.24, 2.45) is 0 Å². The molecule has 0 radical (unpaired) electrons. The summed E-state index contributed by atoms with van der Waals surface area (Å²) in [6.45, 7) is -1.83. The van der Waals surface area contributed by atoms with Gasteiger partial charge in [-0.2, -0.15) is 0 Å². The lowest BCUT2D eigenvalue weighted by atomic mass is 9.99. The Morgan fingerprint density at radius 1 is 0.635 bits per heavy atom. The minimum Gasteiger partial charge on any atom is -0.493 e. The van der Waals surface area contributed by atoms with Gasteiger partial charge in [-0.15, -0.1) is 0 Å². The fraction of sp³-hybridized carbons (Fsp3) is 0.588. The molecular formula is C34H48O18. The first-order chi connectivity index (χ1) is 24.9. The molecule has 2 aliphatic rings. The lowest BCUT2D eigenvalue weighted by molar-refractivity contribution is -0.304. The first kappa shape index (κ1) is 41.3. The third-order valence-corrected chi connectivity index (χ3v) is 8.54. The molecule has 18 nitrogen and oxygen atoms in total. The SMILES string of the molecule is COc1cc(C=CCO)cc(OC)c1OC(COC1OC(CO)C(O)C(O)C1O)Cc1cc(OC)c(OC2OC(CO)C(O)C(O)C2O)c(OC)c1. The van der Waals surface area contributed by atoms with Crippen molar-refractivity contribution in [1.29, 1.82) is 0 Å². The van der Waals surface area contributed by atoms with Crippen LogP contribution in [-0.4, -0.2) is 168 Å². The summed E-state index contributed by atoms with van der Waals surface area (Å²) >= 11 is 0. The largest absolute Gasteiger partial charge is 0.493 e. The Balaban J connectivity index is 1.68. The van der Waals surface area contributed by atoms with Gasteiger partial charge in [0.25, 0.3) is 0 Å². The highest BCUT2D eigenvalue weighted by Crippen LogP contribution is 2.43. The van der Waals surface area contributed by atoms with Crippen LogP contribution in [0.5, 0.6) is 34.5 Å². The Bertz CT molecular complexity index is 1400. The van der Waals surface area contributed by atoms with E-state index in [4.69, 9.17) is 42.6 Å². The van der Waals surface area contributed by atoms with Crippen molar-refractivity contribution in [2.45, 2.75) is 73.9 Å². The normalized spacial score (nSPS) is 29.8. The average molecular weight is 745 g/mol. The van der Waals surface area contributed by atoms with E-state index in [1.165, 1.54) is 34.5 Å². The van der Waals surface area contributed by atoms with E-state index in [2.05, 4.69) is 0 Å². The van der Waals surface area contributed by atoms with Crippen LogP contribution in [0.1, 0.15) is 11.1 Å². The third-order valence-electron chi connectivity index (χ3n) is 8.54. The van der Waals surface area contributed by atoms with Crippen LogP contribution in [0.3, 0.4) is 0 Å². The van der Waals surface area contributed by atoms with Crippen molar-refractivity contribution in [1.82, 2.24) is 0 Å². The molecule has 18 heteroatoms. The molecule has 2 aliphatic heterocycles. The monoisotopic (exact) mass is 744 g/mol. The van der Waals surface area contributed by atoms with Gasteiger partial charge >= 0.3 is 0 Å².